The van der Waals surface area contributed by atoms with Crippen LogP contribution in [0.2, 0.25) is 0 Å². The lowest BCUT2D eigenvalue weighted by Crippen LogP contribution is -2.27. The van der Waals surface area contributed by atoms with Crippen molar-refractivity contribution in [2.24, 2.45) is 0 Å². The Balaban J connectivity index is 1.60. The Morgan fingerprint density at radius 2 is 1.95 bits per heavy atom. The van der Waals surface area contributed by atoms with E-state index in [1.54, 1.807) is 0 Å². The zero-order valence-corrected chi connectivity index (χ0v) is 11.3. The molecular formula is C17H17N3. The van der Waals surface area contributed by atoms with Gasteiger partial charge < -0.3 is 5.32 Å². The molecule has 1 aromatic heterocycles. The molecule has 3 nitrogen and oxygen atoms in total. The fraction of sp³-hybridized carbons (Fsp3) is 0.235. The van der Waals surface area contributed by atoms with Crippen molar-refractivity contribution in [3.63, 3.8) is 0 Å². The third-order valence-corrected chi connectivity index (χ3v) is 4.19. The molecule has 1 aliphatic carbocycles. The monoisotopic (exact) mass is 263 g/mol. The number of nitrogens with one attached hydrogen (secondary N) is 2. The largest absolute Gasteiger partial charge is 0.381 e. The average Bonchev–Trinajstić information content (AvgIpc) is 2.97. The Morgan fingerprint density at radius 3 is 2.90 bits per heavy atom. The summed E-state index contributed by atoms with van der Waals surface area (Å²) < 4.78 is 0. The van der Waals surface area contributed by atoms with E-state index < -0.39 is 0 Å². The van der Waals surface area contributed by atoms with Gasteiger partial charge in [-0.3, -0.25) is 5.10 Å². The summed E-state index contributed by atoms with van der Waals surface area (Å²) in [6.45, 7) is 0. The van der Waals surface area contributed by atoms with Crippen molar-refractivity contribution >= 4 is 16.6 Å². The molecular weight excluding hydrogens is 246 g/mol. The average molecular weight is 263 g/mol. The molecule has 0 fully saturated rings. The number of nitrogens with zero attached hydrogens (tertiary/aromatic N) is 1. The maximum atomic E-state index is 4.13. The number of aromatic nitrogens is 2. The molecule has 0 radical (unpaired) electrons. The number of fused-ring (bicyclic) bond motifs is 2. The molecule has 0 amide bonds. The van der Waals surface area contributed by atoms with Gasteiger partial charge in [0.25, 0.3) is 0 Å². The smallest absolute Gasteiger partial charge is 0.0671 e. The summed E-state index contributed by atoms with van der Waals surface area (Å²) >= 11 is 0. The third-order valence-electron chi connectivity index (χ3n) is 4.19. The predicted octanol–water partition coefficient (Wildman–Crippen LogP) is 3.53. The van der Waals surface area contributed by atoms with Crippen molar-refractivity contribution in [3.8, 4) is 0 Å². The lowest BCUT2D eigenvalue weighted by atomic mass is 9.88. The van der Waals surface area contributed by atoms with E-state index >= 15 is 0 Å². The number of hydrogen-bond donors (Lipinski definition) is 2. The van der Waals surface area contributed by atoms with Crippen LogP contribution in [0.1, 0.15) is 17.5 Å². The van der Waals surface area contributed by atoms with Crippen molar-refractivity contribution < 1.29 is 0 Å². The first kappa shape index (κ1) is 11.5. The number of aryl methyl sites for hydroxylation is 1. The molecule has 100 valence electrons. The maximum Gasteiger partial charge on any atom is 0.0671 e. The molecule has 4 rings (SSSR count). The van der Waals surface area contributed by atoms with E-state index in [9.17, 15) is 0 Å². The Bertz CT molecular complexity index is 745. The second-order valence-corrected chi connectivity index (χ2v) is 5.49. The molecule has 2 aromatic carbocycles. The molecule has 1 aliphatic rings. The van der Waals surface area contributed by atoms with E-state index in [2.05, 4.69) is 58.0 Å². The molecule has 0 spiro atoms. The second kappa shape index (κ2) is 4.67. The molecule has 0 saturated heterocycles. The highest BCUT2D eigenvalue weighted by molar-refractivity contribution is 5.90. The second-order valence-electron chi connectivity index (χ2n) is 5.49. The lowest BCUT2D eigenvalue weighted by molar-refractivity contribution is 0.611. The minimum atomic E-state index is 0.505. The van der Waals surface area contributed by atoms with E-state index in [4.69, 9.17) is 0 Å². The Hall–Kier alpha value is -2.29. The quantitative estimate of drug-likeness (QED) is 0.742. The molecule has 0 aliphatic heterocycles. The van der Waals surface area contributed by atoms with Crippen molar-refractivity contribution in [2.45, 2.75) is 25.3 Å². The summed E-state index contributed by atoms with van der Waals surface area (Å²) in [4.78, 5) is 0. The van der Waals surface area contributed by atoms with Gasteiger partial charge in [-0.2, -0.15) is 5.10 Å². The molecule has 1 atom stereocenters. The molecule has 3 aromatic rings. The fourth-order valence-corrected chi connectivity index (χ4v) is 3.13. The van der Waals surface area contributed by atoms with Crippen LogP contribution in [-0.4, -0.2) is 16.2 Å². The van der Waals surface area contributed by atoms with Gasteiger partial charge in [0.2, 0.25) is 0 Å². The van der Waals surface area contributed by atoms with Crippen LogP contribution < -0.4 is 5.32 Å². The summed E-state index contributed by atoms with van der Waals surface area (Å²) in [5.41, 5.74) is 5.26. The summed E-state index contributed by atoms with van der Waals surface area (Å²) in [6.07, 6.45) is 5.35. The van der Waals surface area contributed by atoms with Gasteiger partial charge in [-0.25, -0.2) is 0 Å². The SMILES string of the molecule is c1ccc2c(c1)CCC(Nc1cccc3[nH]ncc13)C2. The zero-order valence-electron chi connectivity index (χ0n) is 11.3. The normalized spacial score (nSPS) is 17.9. The summed E-state index contributed by atoms with van der Waals surface area (Å²) in [5.74, 6) is 0. The van der Waals surface area contributed by atoms with Crippen LogP contribution >= 0.6 is 0 Å². The highest BCUT2D eigenvalue weighted by Gasteiger charge is 2.18. The third kappa shape index (κ3) is 1.95. The maximum absolute atomic E-state index is 4.13. The minimum Gasteiger partial charge on any atom is -0.381 e. The Labute approximate surface area is 118 Å². The first-order valence-corrected chi connectivity index (χ1v) is 7.15. The summed E-state index contributed by atoms with van der Waals surface area (Å²) in [5, 5.41) is 12.0. The van der Waals surface area contributed by atoms with Crippen molar-refractivity contribution in [3.05, 3.63) is 59.8 Å². The van der Waals surface area contributed by atoms with Crippen LogP contribution in [0.5, 0.6) is 0 Å². The Kier molecular flexibility index (Phi) is 2.69. The Morgan fingerprint density at radius 1 is 1.05 bits per heavy atom. The number of aromatic amines is 1. The van der Waals surface area contributed by atoms with Crippen LogP contribution in [0, 0.1) is 0 Å². The summed E-state index contributed by atoms with van der Waals surface area (Å²) in [6, 6.07) is 15.5. The molecule has 2 N–H and O–H groups in total. The van der Waals surface area contributed by atoms with Gasteiger partial charge in [-0.1, -0.05) is 30.3 Å². The zero-order chi connectivity index (χ0) is 13.4. The molecule has 0 bridgehead atoms. The van der Waals surface area contributed by atoms with Gasteiger partial charge in [-0.15, -0.1) is 0 Å². The number of hydrogen-bond acceptors (Lipinski definition) is 2. The van der Waals surface area contributed by atoms with Crippen molar-refractivity contribution in [1.82, 2.24) is 10.2 Å². The molecule has 1 heterocycles. The van der Waals surface area contributed by atoms with Gasteiger partial charge >= 0.3 is 0 Å². The van der Waals surface area contributed by atoms with Crippen molar-refractivity contribution in [1.29, 1.82) is 0 Å². The minimum absolute atomic E-state index is 0.505. The number of H-pyrrole nitrogens is 1. The highest BCUT2D eigenvalue weighted by Crippen LogP contribution is 2.27. The number of rotatable bonds is 2. The first-order chi connectivity index (χ1) is 9.90. The predicted molar refractivity (Wildman–Crippen MR) is 82.0 cm³/mol. The molecule has 1 unspecified atom stereocenters. The van der Waals surface area contributed by atoms with Gasteiger partial charge in [0, 0.05) is 17.1 Å². The van der Waals surface area contributed by atoms with E-state index in [-0.39, 0.29) is 0 Å². The fourth-order valence-electron chi connectivity index (χ4n) is 3.13. The van der Waals surface area contributed by atoms with Crippen LogP contribution in [-0.2, 0) is 12.8 Å². The lowest BCUT2D eigenvalue weighted by Gasteiger charge is -2.26. The van der Waals surface area contributed by atoms with Crippen molar-refractivity contribution in [2.75, 3.05) is 5.32 Å². The van der Waals surface area contributed by atoms with Gasteiger partial charge in [0.15, 0.2) is 0 Å². The molecule has 0 saturated carbocycles. The molecule has 20 heavy (non-hydrogen) atoms. The van der Waals surface area contributed by atoms with E-state index in [0.717, 1.165) is 18.4 Å². The first-order valence-electron chi connectivity index (χ1n) is 7.15. The number of anilines is 1. The van der Waals surface area contributed by atoms with Crippen LogP contribution in [0.3, 0.4) is 0 Å². The van der Waals surface area contributed by atoms with Gasteiger partial charge in [-0.05, 0) is 42.5 Å². The van der Waals surface area contributed by atoms with E-state index in [1.165, 1.54) is 28.6 Å². The van der Waals surface area contributed by atoms with E-state index in [0.29, 0.717) is 6.04 Å². The summed E-state index contributed by atoms with van der Waals surface area (Å²) in [7, 11) is 0. The molecule has 3 heteroatoms. The van der Waals surface area contributed by atoms with Gasteiger partial charge in [0.05, 0.1) is 11.7 Å². The van der Waals surface area contributed by atoms with Crippen LogP contribution in [0.4, 0.5) is 5.69 Å². The topological polar surface area (TPSA) is 40.7 Å². The standard InChI is InChI=1S/C17H17N3/c1-2-5-13-10-14(9-8-12(13)4-1)19-16-6-3-7-17-15(16)11-18-20-17/h1-7,11,14,19H,8-10H2,(H,18,20). The van der Waals surface area contributed by atoms with Crippen LogP contribution in [0.15, 0.2) is 48.7 Å². The van der Waals surface area contributed by atoms with E-state index in [1.807, 2.05) is 6.20 Å². The van der Waals surface area contributed by atoms with Crippen LogP contribution in [0.25, 0.3) is 10.9 Å². The number of benzene rings is 2. The highest BCUT2D eigenvalue weighted by atomic mass is 15.1. The van der Waals surface area contributed by atoms with Gasteiger partial charge in [0.1, 0.15) is 0 Å².